The average molecular weight is 421 g/mol. The Kier molecular flexibility index (Phi) is 6.05. The Morgan fingerprint density at radius 2 is 1.90 bits per heavy atom. The summed E-state index contributed by atoms with van der Waals surface area (Å²) in [5.41, 5.74) is 6.92. The minimum atomic E-state index is 0.323. The minimum absolute atomic E-state index is 0.323. The van der Waals surface area contributed by atoms with Crippen molar-refractivity contribution >= 4 is 16.9 Å². The van der Waals surface area contributed by atoms with E-state index in [9.17, 15) is 0 Å². The lowest BCUT2D eigenvalue weighted by molar-refractivity contribution is 0.377. The van der Waals surface area contributed by atoms with E-state index < -0.39 is 0 Å². The lowest BCUT2D eigenvalue weighted by atomic mass is 10.1. The van der Waals surface area contributed by atoms with Gasteiger partial charge in [0, 0.05) is 12.2 Å². The molecule has 0 bridgehead atoms. The van der Waals surface area contributed by atoms with Gasteiger partial charge in [-0.25, -0.2) is 19.6 Å². The van der Waals surface area contributed by atoms with Crippen molar-refractivity contribution in [1.29, 1.82) is 0 Å². The van der Waals surface area contributed by atoms with Crippen LogP contribution in [0.3, 0.4) is 0 Å². The van der Waals surface area contributed by atoms with E-state index >= 15 is 0 Å². The number of hydrogen-bond donors (Lipinski definition) is 0. The molecule has 1 saturated heterocycles. The van der Waals surface area contributed by atoms with Crippen molar-refractivity contribution in [1.82, 2.24) is 29.6 Å². The van der Waals surface area contributed by atoms with Crippen LogP contribution in [0.5, 0.6) is 5.88 Å². The van der Waals surface area contributed by atoms with Gasteiger partial charge in [0.1, 0.15) is 5.52 Å². The molecule has 0 atom stereocenters. The number of fused-ring (bicyclic) bond motifs is 1. The standard InChI is InChI=1S/C24H32N6O/c1-7-19-22(18-10-11-20(15(2)3)26-24(18)31-6)27-21-17(5)28-30(23(21)25-19)16(4)14-29-12-8-9-13-29/h10-11,15H,4,7-9,12-14H2,1-3,5-6H3. The summed E-state index contributed by atoms with van der Waals surface area (Å²) in [6.07, 6.45) is 3.25. The van der Waals surface area contributed by atoms with Crippen molar-refractivity contribution in [3.63, 3.8) is 0 Å². The van der Waals surface area contributed by atoms with Gasteiger partial charge in [0.2, 0.25) is 5.88 Å². The van der Waals surface area contributed by atoms with E-state index in [2.05, 4.69) is 32.3 Å². The van der Waals surface area contributed by atoms with Crippen LogP contribution in [0.15, 0.2) is 18.7 Å². The van der Waals surface area contributed by atoms with Crippen molar-refractivity contribution in [2.24, 2.45) is 0 Å². The molecule has 1 aliphatic heterocycles. The largest absolute Gasteiger partial charge is 0.480 e. The van der Waals surface area contributed by atoms with Gasteiger partial charge in [-0.15, -0.1) is 0 Å². The molecule has 31 heavy (non-hydrogen) atoms. The Bertz CT molecular complexity index is 1110. The maximum atomic E-state index is 5.63. The molecule has 1 fully saturated rings. The molecule has 0 aliphatic carbocycles. The quantitative estimate of drug-likeness (QED) is 0.562. The van der Waals surface area contributed by atoms with Crippen LogP contribution in [0.2, 0.25) is 0 Å². The summed E-state index contributed by atoms with van der Waals surface area (Å²) in [5, 5.41) is 4.74. The van der Waals surface area contributed by atoms with E-state index in [-0.39, 0.29) is 0 Å². The van der Waals surface area contributed by atoms with Crippen LogP contribution in [0, 0.1) is 6.92 Å². The molecule has 4 rings (SSSR count). The van der Waals surface area contributed by atoms with Gasteiger partial charge in [0.05, 0.1) is 35.5 Å². The molecule has 7 heteroatoms. The third kappa shape index (κ3) is 4.06. The predicted molar refractivity (Wildman–Crippen MR) is 124 cm³/mol. The van der Waals surface area contributed by atoms with Gasteiger partial charge in [-0.05, 0) is 57.3 Å². The van der Waals surface area contributed by atoms with Gasteiger partial charge in [0.25, 0.3) is 0 Å². The summed E-state index contributed by atoms with van der Waals surface area (Å²) < 4.78 is 7.50. The molecular weight excluding hydrogens is 388 g/mol. The number of ether oxygens (including phenoxy) is 1. The van der Waals surface area contributed by atoms with Crippen LogP contribution >= 0.6 is 0 Å². The first-order valence-electron chi connectivity index (χ1n) is 11.1. The zero-order valence-corrected chi connectivity index (χ0v) is 19.3. The molecule has 0 N–H and O–H groups in total. The maximum Gasteiger partial charge on any atom is 0.222 e. The van der Waals surface area contributed by atoms with Gasteiger partial charge in [-0.2, -0.15) is 5.10 Å². The third-order valence-corrected chi connectivity index (χ3v) is 5.90. The van der Waals surface area contributed by atoms with Crippen LogP contribution in [0.1, 0.15) is 56.6 Å². The molecule has 3 aromatic heterocycles. The van der Waals surface area contributed by atoms with Gasteiger partial charge in [-0.3, -0.25) is 4.90 Å². The second kappa shape index (κ2) is 8.75. The number of rotatable bonds is 7. The van der Waals surface area contributed by atoms with Gasteiger partial charge >= 0.3 is 0 Å². The Morgan fingerprint density at radius 3 is 2.55 bits per heavy atom. The third-order valence-electron chi connectivity index (χ3n) is 5.90. The van der Waals surface area contributed by atoms with E-state index in [1.54, 1.807) is 7.11 Å². The number of aromatic nitrogens is 5. The molecule has 0 saturated carbocycles. The number of pyridine rings is 1. The topological polar surface area (TPSA) is 69.0 Å². The molecule has 0 radical (unpaired) electrons. The van der Waals surface area contributed by atoms with Crippen molar-refractivity contribution < 1.29 is 4.74 Å². The van der Waals surface area contributed by atoms with E-state index in [1.807, 2.05) is 23.7 Å². The molecule has 0 spiro atoms. The second-order valence-corrected chi connectivity index (χ2v) is 8.54. The molecule has 0 unspecified atom stereocenters. The molecule has 3 aromatic rings. The highest BCUT2D eigenvalue weighted by Crippen LogP contribution is 2.33. The Hall–Kier alpha value is -2.80. The highest BCUT2D eigenvalue weighted by molar-refractivity contribution is 5.81. The Balaban J connectivity index is 1.80. The Labute approximate surface area is 184 Å². The molecular formula is C24H32N6O. The van der Waals surface area contributed by atoms with Crippen molar-refractivity contribution in [2.75, 3.05) is 26.7 Å². The number of aryl methyl sites for hydroxylation is 2. The molecule has 164 valence electrons. The molecule has 1 aliphatic rings. The number of hydrogen-bond acceptors (Lipinski definition) is 6. The van der Waals surface area contributed by atoms with Crippen LogP contribution in [-0.2, 0) is 6.42 Å². The number of nitrogens with zero attached hydrogens (tertiary/aromatic N) is 6. The van der Waals surface area contributed by atoms with E-state index in [0.717, 1.165) is 71.3 Å². The molecule has 0 aromatic carbocycles. The van der Waals surface area contributed by atoms with Gasteiger partial charge in [-0.1, -0.05) is 27.4 Å². The summed E-state index contributed by atoms with van der Waals surface area (Å²) in [6, 6.07) is 4.09. The number of likely N-dealkylation sites (tertiary alicyclic amines) is 1. The highest BCUT2D eigenvalue weighted by atomic mass is 16.5. The first-order valence-corrected chi connectivity index (χ1v) is 11.1. The van der Waals surface area contributed by atoms with Crippen molar-refractivity contribution in [2.45, 2.75) is 52.9 Å². The summed E-state index contributed by atoms with van der Waals surface area (Å²) in [5.74, 6) is 0.905. The predicted octanol–water partition coefficient (Wildman–Crippen LogP) is 4.46. The van der Waals surface area contributed by atoms with Gasteiger partial charge < -0.3 is 4.74 Å². The normalized spacial score (nSPS) is 14.6. The van der Waals surface area contributed by atoms with Crippen LogP contribution in [0.4, 0.5) is 0 Å². The van der Waals surface area contributed by atoms with Crippen LogP contribution in [-0.4, -0.2) is 56.4 Å². The van der Waals surface area contributed by atoms with E-state index in [1.165, 1.54) is 12.8 Å². The smallest absolute Gasteiger partial charge is 0.222 e. The fourth-order valence-electron chi connectivity index (χ4n) is 4.16. The highest BCUT2D eigenvalue weighted by Gasteiger charge is 2.22. The summed E-state index contributed by atoms with van der Waals surface area (Å²) >= 11 is 0. The first kappa shape index (κ1) is 21.4. The molecule has 7 nitrogen and oxygen atoms in total. The van der Waals surface area contributed by atoms with E-state index in [4.69, 9.17) is 24.8 Å². The van der Waals surface area contributed by atoms with Crippen molar-refractivity contribution in [3.05, 3.63) is 35.8 Å². The average Bonchev–Trinajstić information content (AvgIpc) is 3.39. The fraction of sp³-hybridized carbons (Fsp3) is 0.500. The zero-order valence-electron chi connectivity index (χ0n) is 19.3. The summed E-state index contributed by atoms with van der Waals surface area (Å²) in [4.78, 5) is 17.1. The van der Waals surface area contributed by atoms with Crippen molar-refractivity contribution in [3.8, 4) is 17.1 Å². The second-order valence-electron chi connectivity index (χ2n) is 8.54. The van der Waals surface area contributed by atoms with Crippen LogP contribution in [0.25, 0.3) is 28.1 Å². The minimum Gasteiger partial charge on any atom is -0.480 e. The SMILES string of the molecule is C=C(CN1CCCC1)n1nc(C)c2nc(-c3ccc(C(C)C)nc3OC)c(CC)nc21. The molecule has 4 heterocycles. The first-order chi connectivity index (χ1) is 14.9. The zero-order chi connectivity index (χ0) is 22.1. The molecule has 0 amide bonds. The fourth-order valence-corrected chi connectivity index (χ4v) is 4.16. The lowest BCUT2D eigenvalue weighted by Gasteiger charge is -2.17. The monoisotopic (exact) mass is 420 g/mol. The van der Waals surface area contributed by atoms with E-state index in [0.29, 0.717) is 11.8 Å². The Morgan fingerprint density at radius 1 is 1.16 bits per heavy atom. The summed E-state index contributed by atoms with van der Waals surface area (Å²) in [7, 11) is 1.65. The van der Waals surface area contributed by atoms with Crippen LogP contribution < -0.4 is 4.74 Å². The number of methoxy groups -OCH3 is 1. The maximum absolute atomic E-state index is 5.63. The lowest BCUT2D eigenvalue weighted by Crippen LogP contribution is -2.23. The van der Waals surface area contributed by atoms with Gasteiger partial charge in [0.15, 0.2) is 5.65 Å². The summed E-state index contributed by atoms with van der Waals surface area (Å²) in [6.45, 7) is 15.7.